The summed E-state index contributed by atoms with van der Waals surface area (Å²) in [5.74, 6) is -0.361. The SMILES string of the molecule is C=N/C=C(\N=C)OCc1cc(NC(=O)OC(C)(C)C)ccc1F.CC. The molecule has 0 saturated heterocycles. The molecule has 0 aromatic heterocycles. The first-order chi connectivity index (χ1) is 11.7. The van der Waals surface area contributed by atoms with Crippen LogP contribution in [0.2, 0.25) is 0 Å². The van der Waals surface area contributed by atoms with Gasteiger partial charge in [-0.2, -0.15) is 0 Å². The van der Waals surface area contributed by atoms with Gasteiger partial charge >= 0.3 is 6.09 Å². The van der Waals surface area contributed by atoms with E-state index in [1.54, 1.807) is 20.8 Å². The Hall–Kier alpha value is -2.70. The smallest absolute Gasteiger partial charge is 0.412 e. The van der Waals surface area contributed by atoms with Gasteiger partial charge in [-0.25, -0.2) is 14.2 Å². The summed E-state index contributed by atoms with van der Waals surface area (Å²) in [6, 6.07) is 4.10. The summed E-state index contributed by atoms with van der Waals surface area (Å²) in [6.45, 7) is 15.7. The van der Waals surface area contributed by atoms with Gasteiger partial charge in [0.15, 0.2) is 0 Å². The summed E-state index contributed by atoms with van der Waals surface area (Å²) in [5.41, 5.74) is -0.00125. The molecule has 0 heterocycles. The van der Waals surface area contributed by atoms with Gasteiger partial charge in [0.25, 0.3) is 0 Å². The third-order valence-corrected chi connectivity index (χ3v) is 2.42. The molecule has 0 spiro atoms. The van der Waals surface area contributed by atoms with Crippen LogP contribution in [-0.4, -0.2) is 25.1 Å². The first-order valence-corrected chi connectivity index (χ1v) is 7.79. The maximum atomic E-state index is 13.8. The molecule has 6 nitrogen and oxygen atoms in total. The maximum Gasteiger partial charge on any atom is 0.412 e. The van der Waals surface area contributed by atoms with Crippen LogP contribution < -0.4 is 5.32 Å². The number of anilines is 1. The molecule has 1 aromatic carbocycles. The second-order valence-electron chi connectivity index (χ2n) is 5.53. The Kier molecular flexibility index (Phi) is 9.78. The number of rotatable bonds is 6. The molecule has 0 bridgehead atoms. The van der Waals surface area contributed by atoms with Crippen molar-refractivity contribution in [2.45, 2.75) is 46.8 Å². The Morgan fingerprint density at radius 2 is 1.96 bits per heavy atom. The van der Waals surface area contributed by atoms with E-state index in [4.69, 9.17) is 9.47 Å². The van der Waals surface area contributed by atoms with Crippen LogP contribution in [0.5, 0.6) is 0 Å². The van der Waals surface area contributed by atoms with Gasteiger partial charge in [-0.3, -0.25) is 10.3 Å². The van der Waals surface area contributed by atoms with Gasteiger partial charge in [0.05, 0.1) is 6.20 Å². The highest BCUT2D eigenvalue weighted by Crippen LogP contribution is 2.18. The number of halogens is 1. The first-order valence-electron chi connectivity index (χ1n) is 7.79. The van der Waals surface area contributed by atoms with Crippen LogP contribution in [0.1, 0.15) is 40.2 Å². The highest BCUT2D eigenvalue weighted by molar-refractivity contribution is 5.84. The van der Waals surface area contributed by atoms with E-state index in [1.807, 2.05) is 13.8 Å². The number of nitrogens with zero attached hydrogens (tertiary/aromatic N) is 2. The molecular formula is C18H26FN3O3. The van der Waals surface area contributed by atoms with Crippen molar-refractivity contribution in [2.75, 3.05) is 5.32 Å². The fourth-order valence-corrected chi connectivity index (χ4v) is 1.54. The summed E-state index contributed by atoms with van der Waals surface area (Å²) >= 11 is 0. The number of hydrogen-bond donors (Lipinski definition) is 1. The fraction of sp³-hybridized carbons (Fsp3) is 0.389. The van der Waals surface area contributed by atoms with Crippen molar-refractivity contribution in [3.8, 4) is 0 Å². The van der Waals surface area contributed by atoms with Crippen molar-refractivity contribution in [3.63, 3.8) is 0 Å². The number of nitrogens with one attached hydrogen (secondary N) is 1. The number of ether oxygens (including phenoxy) is 2. The van der Waals surface area contributed by atoms with Crippen LogP contribution >= 0.6 is 0 Å². The van der Waals surface area contributed by atoms with Gasteiger partial charge in [-0.1, -0.05) is 13.8 Å². The Morgan fingerprint density at radius 1 is 1.32 bits per heavy atom. The minimum Gasteiger partial charge on any atom is -0.472 e. The number of carbonyl (C=O) groups excluding carboxylic acids is 1. The fourth-order valence-electron chi connectivity index (χ4n) is 1.54. The molecule has 1 amide bonds. The highest BCUT2D eigenvalue weighted by Gasteiger charge is 2.16. The second-order valence-corrected chi connectivity index (χ2v) is 5.53. The van der Waals surface area contributed by atoms with Crippen molar-refractivity contribution in [3.05, 3.63) is 41.7 Å². The van der Waals surface area contributed by atoms with Crippen molar-refractivity contribution < 1.29 is 18.7 Å². The largest absolute Gasteiger partial charge is 0.472 e. The molecular weight excluding hydrogens is 325 g/mol. The van der Waals surface area contributed by atoms with Crippen molar-refractivity contribution >= 4 is 25.2 Å². The lowest BCUT2D eigenvalue weighted by molar-refractivity contribution is 0.0636. The summed E-state index contributed by atoms with van der Waals surface area (Å²) in [6.07, 6.45) is 0.633. The molecule has 138 valence electrons. The zero-order valence-corrected chi connectivity index (χ0v) is 15.4. The van der Waals surface area contributed by atoms with Gasteiger partial charge in [0.2, 0.25) is 5.88 Å². The highest BCUT2D eigenvalue weighted by atomic mass is 19.1. The Labute approximate surface area is 148 Å². The Bertz CT molecular complexity index is 622. The third-order valence-electron chi connectivity index (χ3n) is 2.42. The topological polar surface area (TPSA) is 72.3 Å². The molecule has 0 aliphatic carbocycles. The maximum absolute atomic E-state index is 13.8. The van der Waals surface area contributed by atoms with Crippen LogP contribution in [0.15, 0.2) is 40.3 Å². The standard InChI is InChI=1S/C16H20FN3O3.C2H6/c1-16(2,3)23-15(21)20-12-6-7-13(17)11(8-12)10-22-14(19-5)9-18-4;1-2/h6-9H,4-5,10H2,1-3H3,(H,20,21);1-2H3/b14-9+;. The zero-order valence-electron chi connectivity index (χ0n) is 15.4. The molecule has 0 atom stereocenters. The van der Waals surface area contributed by atoms with E-state index in [0.29, 0.717) is 5.69 Å². The summed E-state index contributed by atoms with van der Waals surface area (Å²) in [7, 11) is 0. The molecule has 1 aromatic rings. The monoisotopic (exact) mass is 351 g/mol. The van der Waals surface area contributed by atoms with E-state index in [0.717, 1.165) is 0 Å². The van der Waals surface area contributed by atoms with Crippen LogP contribution in [0.4, 0.5) is 14.9 Å². The van der Waals surface area contributed by atoms with Gasteiger partial charge in [-0.05, 0) is 52.4 Å². The number of carbonyl (C=O) groups is 1. The predicted molar refractivity (Wildman–Crippen MR) is 99.6 cm³/mol. The van der Waals surface area contributed by atoms with E-state index in [1.165, 1.54) is 24.4 Å². The molecule has 0 saturated carbocycles. The predicted octanol–water partition coefficient (Wildman–Crippen LogP) is 4.92. The van der Waals surface area contributed by atoms with Gasteiger partial charge in [0, 0.05) is 11.3 Å². The molecule has 0 fully saturated rings. The first kappa shape index (κ1) is 22.3. The Balaban J connectivity index is 0.00000277. The number of amides is 1. The Morgan fingerprint density at radius 3 is 2.48 bits per heavy atom. The van der Waals surface area contributed by atoms with E-state index in [-0.39, 0.29) is 18.1 Å². The molecule has 0 unspecified atom stereocenters. The van der Waals surface area contributed by atoms with Crippen molar-refractivity contribution in [2.24, 2.45) is 9.98 Å². The van der Waals surface area contributed by atoms with E-state index >= 15 is 0 Å². The van der Waals surface area contributed by atoms with Crippen LogP contribution in [-0.2, 0) is 16.1 Å². The summed E-state index contributed by atoms with van der Waals surface area (Å²) < 4.78 is 24.2. The third kappa shape index (κ3) is 9.24. The van der Waals surface area contributed by atoms with Gasteiger partial charge in [0.1, 0.15) is 18.0 Å². The van der Waals surface area contributed by atoms with Crippen molar-refractivity contribution in [1.82, 2.24) is 0 Å². The van der Waals surface area contributed by atoms with E-state index < -0.39 is 17.5 Å². The molecule has 25 heavy (non-hydrogen) atoms. The summed E-state index contributed by atoms with van der Waals surface area (Å²) in [4.78, 5) is 18.8. The van der Waals surface area contributed by atoms with Crippen LogP contribution in [0, 0.1) is 5.82 Å². The molecule has 1 N–H and O–H groups in total. The lowest BCUT2D eigenvalue weighted by atomic mass is 10.2. The summed E-state index contributed by atoms with van der Waals surface area (Å²) in [5, 5.41) is 2.53. The number of hydrogen-bond acceptors (Lipinski definition) is 5. The quantitative estimate of drug-likeness (QED) is 0.584. The molecule has 0 aliphatic heterocycles. The van der Waals surface area contributed by atoms with Crippen LogP contribution in [0.3, 0.4) is 0 Å². The molecule has 1 rings (SSSR count). The average Bonchev–Trinajstić information content (AvgIpc) is 2.54. The lowest BCUT2D eigenvalue weighted by Crippen LogP contribution is -2.27. The number of aliphatic imine (C=N–C) groups is 2. The second kappa shape index (κ2) is 11.0. The van der Waals surface area contributed by atoms with E-state index in [9.17, 15) is 9.18 Å². The molecule has 0 aliphatic rings. The van der Waals surface area contributed by atoms with Crippen molar-refractivity contribution in [1.29, 1.82) is 0 Å². The number of benzene rings is 1. The van der Waals surface area contributed by atoms with Crippen LogP contribution in [0.25, 0.3) is 0 Å². The minimum atomic E-state index is -0.625. The molecule has 7 heteroatoms. The van der Waals surface area contributed by atoms with E-state index in [2.05, 4.69) is 28.7 Å². The lowest BCUT2D eigenvalue weighted by Gasteiger charge is -2.19. The average molecular weight is 351 g/mol. The zero-order chi connectivity index (χ0) is 19.5. The van der Waals surface area contributed by atoms with Gasteiger partial charge < -0.3 is 9.47 Å². The van der Waals surface area contributed by atoms with Gasteiger partial charge in [-0.15, -0.1) is 0 Å². The molecule has 0 radical (unpaired) electrons. The minimum absolute atomic E-state index is 0.101. The normalized spacial score (nSPS) is 10.9.